The summed E-state index contributed by atoms with van der Waals surface area (Å²) in [7, 11) is 0. The van der Waals surface area contributed by atoms with E-state index in [1.165, 1.54) is 23.1 Å². The number of amides is 1. The van der Waals surface area contributed by atoms with Crippen LogP contribution in [0.25, 0.3) is 10.3 Å². The second kappa shape index (κ2) is 6.07. The van der Waals surface area contributed by atoms with Crippen molar-refractivity contribution < 1.29 is 9.53 Å². The van der Waals surface area contributed by atoms with E-state index in [-0.39, 0.29) is 11.2 Å². The maximum absolute atomic E-state index is 12.3. The van der Waals surface area contributed by atoms with Gasteiger partial charge < -0.3 is 9.64 Å². The van der Waals surface area contributed by atoms with Crippen LogP contribution in [0.15, 0.2) is 22.7 Å². The Bertz CT molecular complexity index is 577. The zero-order valence-corrected chi connectivity index (χ0v) is 12.7. The molecule has 7 heteroatoms. The van der Waals surface area contributed by atoms with Gasteiger partial charge in [-0.05, 0) is 19.1 Å². The summed E-state index contributed by atoms with van der Waals surface area (Å²) in [5.74, 6) is 0.158. The van der Waals surface area contributed by atoms with Gasteiger partial charge >= 0.3 is 0 Å². The summed E-state index contributed by atoms with van der Waals surface area (Å²) in [5, 5.41) is -0.131. The number of carbonyl (C=O) groups is 1. The molecule has 1 unspecified atom stereocenters. The molecule has 1 aliphatic heterocycles. The van der Waals surface area contributed by atoms with Crippen molar-refractivity contribution in [1.29, 1.82) is 0 Å². The summed E-state index contributed by atoms with van der Waals surface area (Å²) in [4.78, 5) is 23.9. The summed E-state index contributed by atoms with van der Waals surface area (Å²) >= 11 is 3.04. The Balaban J connectivity index is 1.68. The number of pyridine rings is 1. The van der Waals surface area contributed by atoms with Crippen molar-refractivity contribution in [1.82, 2.24) is 14.9 Å². The Labute approximate surface area is 125 Å². The van der Waals surface area contributed by atoms with Crippen molar-refractivity contribution in [2.24, 2.45) is 0 Å². The third kappa shape index (κ3) is 2.94. The van der Waals surface area contributed by atoms with Crippen LogP contribution in [0.1, 0.15) is 6.92 Å². The molecule has 2 aromatic rings. The van der Waals surface area contributed by atoms with E-state index in [2.05, 4.69) is 9.97 Å². The Morgan fingerprint density at radius 1 is 1.50 bits per heavy atom. The number of aromatic nitrogens is 2. The second-order valence-corrected chi connectivity index (χ2v) is 7.07. The van der Waals surface area contributed by atoms with Gasteiger partial charge in [0, 0.05) is 19.3 Å². The Hall–Kier alpha value is -1.18. The van der Waals surface area contributed by atoms with Gasteiger partial charge in [0.2, 0.25) is 5.91 Å². The molecular formula is C13H15N3O2S2. The molecule has 0 bridgehead atoms. The van der Waals surface area contributed by atoms with Crippen molar-refractivity contribution in [2.45, 2.75) is 16.5 Å². The lowest BCUT2D eigenvalue weighted by Crippen LogP contribution is -2.44. The van der Waals surface area contributed by atoms with Gasteiger partial charge in [0.25, 0.3) is 0 Å². The van der Waals surface area contributed by atoms with Crippen LogP contribution in [0.5, 0.6) is 0 Å². The molecule has 1 atom stereocenters. The van der Waals surface area contributed by atoms with Crippen LogP contribution in [0.4, 0.5) is 0 Å². The summed E-state index contributed by atoms with van der Waals surface area (Å²) in [6, 6.07) is 3.82. The highest BCUT2D eigenvalue weighted by molar-refractivity contribution is 8.02. The monoisotopic (exact) mass is 309 g/mol. The third-order valence-corrected chi connectivity index (χ3v) is 5.26. The molecule has 0 spiro atoms. The number of hydrogen-bond acceptors (Lipinski definition) is 6. The van der Waals surface area contributed by atoms with Crippen LogP contribution < -0.4 is 0 Å². The SMILES string of the molecule is CC(Sc1nc2cccnc2s1)C(=O)N1CCOCC1. The number of thioether (sulfide) groups is 1. The van der Waals surface area contributed by atoms with Crippen LogP contribution in [-0.2, 0) is 9.53 Å². The van der Waals surface area contributed by atoms with Crippen LogP contribution in [0.2, 0.25) is 0 Å². The smallest absolute Gasteiger partial charge is 0.236 e. The lowest BCUT2D eigenvalue weighted by Gasteiger charge is -2.28. The molecule has 3 heterocycles. The van der Waals surface area contributed by atoms with E-state index in [9.17, 15) is 4.79 Å². The standard InChI is InChI=1S/C13H15N3O2S2/c1-9(12(17)16-5-7-18-8-6-16)19-13-15-10-3-2-4-14-11(10)20-13/h2-4,9H,5-8H2,1H3. The van der Waals surface area contributed by atoms with Crippen LogP contribution in [0.3, 0.4) is 0 Å². The minimum absolute atomic E-state index is 0.131. The van der Waals surface area contributed by atoms with E-state index in [0.717, 1.165) is 14.7 Å². The largest absolute Gasteiger partial charge is 0.378 e. The lowest BCUT2D eigenvalue weighted by molar-refractivity contribution is -0.134. The first-order valence-corrected chi connectivity index (χ1v) is 8.18. The Morgan fingerprint density at radius 2 is 2.30 bits per heavy atom. The van der Waals surface area contributed by atoms with E-state index in [1.807, 2.05) is 24.0 Å². The zero-order chi connectivity index (χ0) is 13.9. The van der Waals surface area contributed by atoms with E-state index in [4.69, 9.17) is 4.74 Å². The van der Waals surface area contributed by atoms with E-state index >= 15 is 0 Å². The number of rotatable bonds is 3. The summed E-state index contributed by atoms with van der Waals surface area (Å²) in [5.41, 5.74) is 0.894. The van der Waals surface area contributed by atoms with Gasteiger partial charge in [-0.25, -0.2) is 9.97 Å². The molecule has 20 heavy (non-hydrogen) atoms. The Morgan fingerprint density at radius 3 is 3.05 bits per heavy atom. The number of morpholine rings is 1. The number of thiazole rings is 1. The van der Waals surface area contributed by atoms with Crippen LogP contribution in [0, 0.1) is 0 Å². The number of ether oxygens (including phenoxy) is 1. The molecule has 2 aromatic heterocycles. The van der Waals surface area contributed by atoms with Crippen molar-refractivity contribution >= 4 is 39.4 Å². The van der Waals surface area contributed by atoms with Gasteiger partial charge in [0.1, 0.15) is 10.3 Å². The molecule has 0 aromatic carbocycles. The van der Waals surface area contributed by atoms with Gasteiger partial charge in [-0.3, -0.25) is 4.79 Å². The van der Waals surface area contributed by atoms with Gasteiger partial charge in [-0.2, -0.15) is 0 Å². The second-order valence-electron chi connectivity index (χ2n) is 4.51. The normalized spacial score (nSPS) is 17.4. The zero-order valence-electron chi connectivity index (χ0n) is 11.1. The highest BCUT2D eigenvalue weighted by atomic mass is 32.2. The average Bonchev–Trinajstić information content (AvgIpc) is 2.89. The molecule has 0 radical (unpaired) electrons. The summed E-state index contributed by atoms with van der Waals surface area (Å²) in [6.07, 6.45) is 1.76. The van der Waals surface area contributed by atoms with E-state index in [0.29, 0.717) is 26.3 Å². The predicted octanol–water partition coefficient (Wildman–Crippen LogP) is 2.03. The molecule has 0 saturated carbocycles. The quantitative estimate of drug-likeness (QED) is 0.812. The number of carbonyl (C=O) groups excluding carboxylic acids is 1. The maximum atomic E-state index is 12.3. The highest BCUT2D eigenvalue weighted by Gasteiger charge is 2.24. The lowest BCUT2D eigenvalue weighted by atomic mass is 10.3. The Kier molecular flexibility index (Phi) is 4.18. The molecule has 1 saturated heterocycles. The van der Waals surface area contributed by atoms with E-state index < -0.39 is 0 Å². The van der Waals surface area contributed by atoms with Crippen LogP contribution in [-0.4, -0.2) is 52.3 Å². The van der Waals surface area contributed by atoms with Crippen molar-refractivity contribution in [3.8, 4) is 0 Å². The molecule has 1 aliphatic rings. The topological polar surface area (TPSA) is 55.3 Å². The molecular weight excluding hydrogens is 294 g/mol. The van der Waals surface area contributed by atoms with Gasteiger partial charge in [0.05, 0.1) is 18.5 Å². The van der Waals surface area contributed by atoms with Gasteiger partial charge in [0.15, 0.2) is 4.34 Å². The molecule has 106 valence electrons. The summed E-state index contributed by atoms with van der Waals surface area (Å²) < 4.78 is 6.16. The molecule has 0 aliphatic carbocycles. The minimum Gasteiger partial charge on any atom is -0.378 e. The van der Waals surface area contributed by atoms with Crippen molar-refractivity contribution in [2.75, 3.05) is 26.3 Å². The minimum atomic E-state index is -0.131. The van der Waals surface area contributed by atoms with Crippen molar-refractivity contribution in [3.05, 3.63) is 18.3 Å². The fourth-order valence-corrected chi connectivity index (χ4v) is 4.25. The van der Waals surface area contributed by atoms with Crippen LogP contribution >= 0.6 is 23.1 Å². The summed E-state index contributed by atoms with van der Waals surface area (Å²) in [6.45, 7) is 4.57. The number of hydrogen-bond donors (Lipinski definition) is 0. The van der Waals surface area contributed by atoms with E-state index in [1.54, 1.807) is 6.20 Å². The molecule has 0 N–H and O–H groups in total. The fourth-order valence-electron chi connectivity index (χ4n) is 2.04. The van der Waals surface area contributed by atoms with Crippen molar-refractivity contribution in [3.63, 3.8) is 0 Å². The predicted molar refractivity (Wildman–Crippen MR) is 80.1 cm³/mol. The first kappa shape index (κ1) is 13.8. The number of nitrogens with zero attached hydrogens (tertiary/aromatic N) is 3. The maximum Gasteiger partial charge on any atom is 0.236 e. The molecule has 5 nitrogen and oxygen atoms in total. The number of fused-ring (bicyclic) bond motifs is 1. The fraction of sp³-hybridized carbons (Fsp3) is 0.462. The highest BCUT2D eigenvalue weighted by Crippen LogP contribution is 2.31. The average molecular weight is 309 g/mol. The molecule has 1 amide bonds. The molecule has 1 fully saturated rings. The van der Waals surface area contributed by atoms with Gasteiger partial charge in [-0.15, -0.1) is 0 Å². The first-order chi connectivity index (χ1) is 9.74. The third-order valence-electron chi connectivity index (χ3n) is 3.09. The van der Waals surface area contributed by atoms with Gasteiger partial charge in [-0.1, -0.05) is 23.1 Å². The first-order valence-electron chi connectivity index (χ1n) is 6.49. The molecule has 3 rings (SSSR count).